The molecule has 0 bridgehead atoms. The van der Waals surface area contributed by atoms with Crippen LogP contribution in [0.5, 0.6) is 0 Å². The van der Waals surface area contributed by atoms with E-state index in [1.54, 1.807) is 20.8 Å². The van der Waals surface area contributed by atoms with E-state index in [2.05, 4.69) is 0 Å². The van der Waals surface area contributed by atoms with Crippen LogP contribution in [0.1, 0.15) is 26.3 Å². The third-order valence-electron chi connectivity index (χ3n) is 4.15. The van der Waals surface area contributed by atoms with E-state index in [4.69, 9.17) is 4.74 Å². The van der Waals surface area contributed by atoms with E-state index in [-0.39, 0.29) is 12.5 Å². The van der Waals surface area contributed by atoms with Crippen molar-refractivity contribution < 1.29 is 22.7 Å². The molecule has 2 rings (SSSR count). The van der Waals surface area contributed by atoms with E-state index in [0.717, 1.165) is 10.5 Å². The van der Waals surface area contributed by atoms with E-state index in [1.807, 2.05) is 30.3 Å². The number of hydrogen-bond donors (Lipinski definition) is 0. The smallest absolute Gasteiger partial charge is 0.348 e. The Kier molecular flexibility index (Phi) is 5.34. The molecule has 1 saturated heterocycles. The zero-order chi connectivity index (χ0) is 17.2. The van der Waals surface area contributed by atoms with Gasteiger partial charge in [0.05, 0.1) is 12.6 Å². The number of hydrogen-bond acceptors (Lipinski definition) is 2. The molecule has 1 aromatic rings. The molecule has 1 fully saturated rings. The molecular formula is C17H22F3NO2. The van der Waals surface area contributed by atoms with Crippen LogP contribution >= 0.6 is 0 Å². The Bertz CT molecular complexity index is 530. The van der Waals surface area contributed by atoms with Crippen molar-refractivity contribution in [2.24, 2.45) is 11.8 Å². The van der Waals surface area contributed by atoms with E-state index in [1.165, 1.54) is 0 Å². The summed E-state index contributed by atoms with van der Waals surface area (Å²) >= 11 is 0. The minimum absolute atomic E-state index is 0.0777. The van der Waals surface area contributed by atoms with Crippen molar-refractivity contribution in [3.05, 3.63) is 35.9 Å². The first-order chi connectivity index (χ1) is 10.7. The minimum atomic E-state index is -4.58. The van der Waals surface area contributed by atoms with Crippen molar-refractivity contribution in [2.45, 2.75) is 45.6 Å². The highest BCUT2D eigenvalue weighted by Crippen LogP contribution is 2.35. The van der Waals surface area contributed by atoms with Crippen LogP contribution < -0.4 is 0 Å². The van der Waals surface area contributed by atoms with Gasteiger partial charge in [-0.05, 0) is 17.9 Å². The molecule has 23 heavy (non-hydrogen) atoms. The summed E-state index contributed by atoms with van der Waals surface area (Å²) in [5, 5.41) is 0. The third kappa shape index (κ3) is 4.05. The van der Waals surface area contributed by atoms with Gasteiger partial charge < -0.3 is 9.64 Å². The summed E-state index contributed by atoms with van der Waals surface area (Å²) in [6.45, 7) is 5.19. The predicted octanol–water partition coefficient (Wildman–Crippen LogP) is 3.64. The second-order valence-electron chi connectivity index (χ2n) is 6.37. The first kappa shape index (κ1) is 17.8. The van der Waals surface area contributed by atoms with Crippen LogP contribution in [0.15, 0.2) is 30.3 Å². The van der Waals surface area contributed by atoms with E-state index in [0.29, 0.717) is 6.42 Å². The molecule has 1 aliphatic rings. The largest absolute Gasteiger partial charge is 0.433 e. The lowest BCUT2D eigenvalue weighted by Crippen LogP contribution is -2.52. The first-order valence-electron chi connectivity index (χ1n) is 7.76. The van der Waals surface area contributed by atoms with Crippen LogP contribution in [0.2, 0.25) is 0 Å². The molecule has 0 saturated carbocycles. The number of carbonyl (C=O) groups excluding carboxylic acids is 1. The molecule has 0 radical (unpaired) electrons. The van der Waals surface area contributed by atoms with Crippen molar-refractivity contribution in [1.82, 2.24) is 4.90 Å². The number of halogens is 3. The highest BCUT2D eigenvalue weighted by Gasteiger charge is 2.54. The quantitative estimate of drug-likeness (QED) is 0.844. The van der Waals surface area contributed by atoms with E-state index >= 15 is 0 Å². The zero-order valence-electron chi connectivity index (χ0n) is 13.5. The lowest BCUT2D eigenvalue weighted by atomic mass is 9.97. The Balaban J connectivity index is 2.18. The summed E-state index contributed by atoms with van der Waals surface area (Å²) in [5.74, 6) is -1.15. The molecule has 0 spiro atoms. The molecule has 1 aromatic carbocycles. The molecule has 128 valence electrons. The molecule has 0 N–H and O–H groups in total. The third-order valence-corrected chi connectivity index (χ3v) is 4.15. The Labute approximate surface area is 134 Å². The number of ether oxygens (including phenoxy) is 1. The van der Waals surface area contributed by atoms with Crippen LogP contribution in [0.25, 0.3) is 0 Å². The topological polar surface area (TPSA) is 29.5 Å². The fraction of sp³-hybridized carbons (Fsp3) is 0.588. The van der Waals surface area contributed by atoms with Gasteiger partial charge in [0, 0.05) is 5.92 Å². The zero-order valence-corrected chi connectivity index (χ0v) is 13.5. The molecule has 3 nitrogen and oxygen atoms in total. The number of nitrogens with zero attached hydrogens (tertiary/aromatic N) is 1. The molecule has 0 aliphatic carbocycles. The van der Waals surface area contributed by atoms with Gasteiger partial charge in [0.15, 0.2) is 0 Å². The molecule has 3 atom stereocenters. The van der Waals surface area contributed by atoms with Crippen LogP contribution in [0.4, 0.5) is 13.2 Å². The van der Waals surface area contributed by atoms with Crippen molar-refractivity contribution in [3.8, 4) is 0 Å². The molecule has 6 heteroatoms. The second-order valence-corrected chi connectivity index (χ2v) is 6.37. The van der Waals surface area contributed by atoms with Crippen molar-refractivity contribution in [2.75, 3.05) is 6.61 Å². The average Bonchev–Trinajstić information content (AvgIpc) is 2.92. The van der Waals surface area contributed by atoms with Crippen molar-refractivity contribution >= 4 is 5.91 Å². The number of carbonyl (C=O) groups is 1. The Morgan fingerprint density at radius 2 is 1.87 bits per heavy atom. The van der Waals surface area contributed by atoms with E-state index in [9.17, 15) is 18.0 Å². The average molecular weight is 329 g/mol. The van der Waals surface area contributed by atoms with Gasteiger partial charge in [-0.15, -0.1) is 0 Å². The van der Waals surface area contributed by atoms with Crippen LogP contribution in [0, 0.1) is 11.8 Å². The Morgan fingerprint density at radius 1 is 1.26 bits per heavy atom. The monoisotopic (exact) mass is 329 g/mol. The number of alkyl halides is 3. The Morgan fingerprint density at radius 3 is 2.39 bits per heavy atom. The summed E-state index contributed by atoms with van der Waals surface area (Å²) in [5.41, 5.74) is 0.929. The van der Waals surface area contributed by atoms with E-state index < -0.39 is 30.3 Å². The van der Waals surface area contributed by atoms with Gasteiger partial charge in [-0.1, -0.05) is 51.1 Å². The maximum absolute atomic E-state index is 13.2. The molecule has 0 unspecified atom stereocenters. The van der Waals surface area contributed by atoms with Crippen molar-refractivity contribution in [1.29, 1.82) is 0 Å². The van der Waals surface area contributed by atoms with Crippen LogP contribution in [-0.2, 0) is 16.0 Å². The van der Waals surface area contributed by atoms with Gasteiger partial charge in [0.2, 0.25) is 12.1 Å². The predicted molar refractivity (Wildman–Crippen MR) is 80.6 cm³/mol. The minimum Gasteiger partial charge on any atom is -0.348 e. The fourth-order valence-electron chi connectivity index (χ4n) is 2.88. The van der Waals surface area contributed by atoms with Gasteiger partial charge in [-0.2, -0.15) is 13.2 Å². The van der Waals surface area contributed by atoms with Crippen LogP contribution in [-0.4, -0.2) is 35.9 Å². The molecule has 1 amide bonds. The summed E-state index contributed by atoms with van der Waals surface area (Å²) in [6, 6.07) is 8.74. The highest BCUT2D eigenvalue weighted by molar-refractivity contribution is 5.79. The van der Waals surface area contributed by atoms with Crippen molar-refractivity contribution in [3.63, 3.8) is 0 Å². The number of amides is 1. The van der Waals surface area contributed by atoms with Gasteiger partial charge in [0.25, 0.3) is 0 Å². The highest BCUT2D eigenvalue weighted by atomic mass is 19.4. The second kappa shape index (κ2) is 6.91. The van der Waals surface area contributed by atoms with Crippen LogP contribution in [0.3, 0.4) is 0 Å². The molecule has 1 aliphatic heterocycles. The molecule has 0 aromatic heterocycles. The van der Waals surface area contributed by atoms with Gasteiger partial charge in [-0.3, -0.25) is 4.79 Å². The van der Waals surface area contributed by atoms with Gasteiger partial charge in [0.1, 0.15) is 0 Å². The lowest BCUT2D eigenvalue weighted by Gasteiger charge is -2.33. The lowest BCUT2D eigenvalue weighted by molar-refractivity contribution is -0.241. The first-order valence-corrected chi connectivity index (χ1v) is 7.76. The summed E-state index contributed by atoms with van der Waals surface area (Å²) in [7, 11) is 0. The summed E-state index contributed by atoms with van der Waals surface area (Å²) in [4.78, 5) is 13.6. The fourth-order valence-corrected chi connectivity index (χ4v) is 2.88. The maximum atomic E-state index is 13.2. The maximum Gasteiger partial charge on any atom is 0.433 e. The van der Waals surface area contributed by atoms with Gasteiger partial charge >= 0.3 is 6.18 Å². The molecular weight excluding hydrogens is 307 g/mol. The number of benzene rings is 1. The molecule has 1 heterocycles. The SMILES string of the molecule is CC(C)[C@H]1CO[C@@H](C(F)(F)F)N1C(=O)[C@H](C)Cc1ccccc1. The Hall–Kier alpha value is -1.56. The normalized spacial score (nSPS) is 23.3. The summed E-state index contributed by atoms with van der Waals surface area (Å²) in [6.07, 6.45) is -6.31. The standard InChI is InChI=1S/C17H22F3NO2/c1-11(2)14-10-23-16(17(18,19)20)21(14)15(22)12(3)9-13-7-5-4-6-8-13/h4-8,11-12,14,16H,9-10H2,1-3H3/t12-,14-,16+/m1/s1. The summed E-state index contributed by atoms with van der Waals surface area (Å²) < 4.78 is 44.4. The van der Waals surface area contributed by atoms with Gasteiger partial charge in [-0.25, -0.2) is 0 Å². The number of rotatable bonds is 4.